The van der Waals surface area contributed by atoms with Crippen LogP contribution in [0.1, 0.15) is 39.2 Å². The van der Waals surface area contributed by atoms with Crippen molar-refractivity contribution in [2.24, 2.45) is 5.16 Å². The van der Waals surface area contributed by atoms with E-state index >= 15 is 0 Å². The zero-order valence-electron chi connectivity index (χ0n) is 17.5. The van der Waals surface area contributed by atoms with Crippen LogP contribution in [0, 0.1) is 6.92 Å². The Morgan fingerprint density at radius 2 is 1.91 bits per heavy atom. The van der Waals surface area contributed by atoms with E-state index in [4.69, 9.17) is 28.0 Å². The SMILES string of the molecule is Cc1cc(C2=NOC(c3cc(Cl)cc(Cl)c3)(C(F)F)C2)ccc1C(=O)NCc1ccccn1. The van der Waals surface area contributed by atoms with Gasteiger partial charge in [-0.15, -0.1) is 0 Å². The molecule has 1 aliphatic rings. The minimum Gasteiger partial charge on any atom is -0.378 e. The molecule has 2 aromatic carbocycles. The quantitative estimate of drug-likeness (QED) is 0.467. The number of nitrogens with zero attached hydrogens (tertiary/aromatic N) is 2. The molecule has 0 aliphatic carbocycles. The number of carbonyl (C=O) groups is 1. The second-order valence-corrected chi connectivity index (χ2v) is 8.56. The van der Waals surface area contributed by atoms with Gasteiger partial charge in [0.15, 0.2) is 0 Å². The third-order valence-corrected chi connectivity index (χ3v) is 5.85. The molecule has 5 nitrogen and oxygen atoms in total. The second kappa shape index (κ2) is 9.45. The molecule has 1 amide bonds. The van der Waals surface area contributed by atoms with Crippen LogP contribution in [0.3, 0.4) is 0 Å². The fourth-order valence-electron chi connectivity index (χ4n) is 3.67. The normalized spacial score (nSPS) is 17.6. The topological polar surface area (TPSA) is 63.6 Å². The molecule has 0 saturated carbocycles. The molecule has 3 aromatic rings. The summed E-state index contributed by atoms with van der Waals surface area (Å²) in [5, 5.41) is 7.23. The van der Waals surface area contributed by atoms with Gasteiger partial charge in [0.25, 0.3) is 12.3 Å². The maximum Gasteiger partial charge on any atom is 0.284 e. The largest absolute Gasteiger partial charge is 0.378 e. The van der Waals surface area contributed by atoms with Crippen LogP contribution in [0.4, 0.5) is 8.78 Å². The number of pyridine rings is 1. The molecule has 1 atom stereocenters. The third-order valence-electron chi connectivity index (χ3n) is 5.41. The number of oxime groups is 1. The highest BCUT2D eigenvalue weighted by Crippen LogP contribution is 2.43. The van der Waals surface area contributed by atoms with Gasteiger partial charge in [-0.2, -0.15) is 0 Å². The predicted octanol–water partition coefficient (Wildman–Crippen LogP) is 5.91. The van der Waals surface area contributed by atoms with Crippen LogP contribution >= 0.6 is 23.2 Å². The van der Waals surface area contributed by atoms with Crippen molar-refractivity contribution in [3.8, 4) is 0 Å². The Kier molecular flexibility index (Phi) is 6.63. The molecule has 2 heterocycles. The lowest BCUT2D eigenvalue weighted by Gasteiger charge is -2.26. The van der Waals surface area contributed by atoms with Crippen LogP contribution < -0.4 is 5.32 Å². The average molecular weight is 490 g/mol. The standard InChI is InChI=1S/C24H19Cl2F2N3O2/c1-14-8-15(5-6-20(14)22(32)30-13-19-4-2-3-7-29-19)21-12-24(23(27)28,33-31-21)16-9-17(25)11-18(26)10-16/h2-11,23H,12-13H2,1H3,(H,30,32). The third kappa shape index (κ3) is 4.84. The molecular formula is C24H19Cl2F2N3O2. The van der Waals surface area contributed by atoms with Crippen LogP contribution in [0.25, 0.3) is 0 Å². The van der Waals surface area contributed by atoms with Crippen molar-refractivity contribution >= 4 is 34.8 Å². The van der Waals surface area contributed by atoms with E-state index in [0.29, 0.717) is 28.9 Å². The molecule has 170 valence electrons. The molecule has 1 N–H and O–H groups in total. The van der Waals surface area contributed by atoms with Gasteiger partial charge in [-0.25, -0.2) is 8.78 Å². The minimum absolute atomic E-state index is 0.149. The van der Waals surface area contributed by atoms with E-state index in [1.807, 2.05) is 12.1 Å². The first kappa shape index (κ1) is 23.1. The zero-order chi connectivity index (χ0) is 23.6. The van der Waals surface area contributed by atoms with Crippen molar-refractivity contribution in [3.05, 3.63) is 98.8 Å². The maximum absolute atomic E-state index is 14.2. The monoisotopic (exact) mass is 489 g/mol. The highest BCUT2D eigenvalue weighted by Gasteiger charge is 2.50. The Morgan fingerprint density at radius 1 is 1.15 bits per heavy atom. The fraction of sp³-hybridized carbons (Fsp3) is 0.208. The first-order valence-corrected chi connectivity index (χ1v) is 10.8. The van der Waals surface area contributed by atoms with Gasteiger partial charge >= 0.3 is 0 Å². The minimum atomic E-state index is -2.87. The van der Waals surface area contributed by atoms with Gasteiger partial charge in [0.2, 0.25) is 5.60 Å². The van der Waals surface area contributed by atoms with Crippen LogP contribution in [-0.2, 0) is 17.0 Å². The summed E-state index contributed by atoms with van der Waals surface area (Å²) in [6.07, 6.45) is -1.39. The summed E-state index contributed by atoms with van der Waals surface area (Å²) in [5.74, 6) is -0.259. The van der Waals surface area contributed by atoms with Crippen molar-refractivity contribution in [1.82, 2.24) is 10.3 Å². The average Bonchev–Trinajstić information content (AvgIpc) is 3.24. The van der Waals surface area contributed by atoms with Crippen molar-refractivity contribution < 1.29 is 18.4 Å². The second-order valence-electron chi connectivity index (χ2n) is 7.69. The molecular weight excluding hydrogens is 471 g/mol. The van der Waals surface area contributed by atoms with Crippen molar-refractivity contribution in [2.75, 3.05) is 0 Å². The number of hydrogen-bond acceptors (Lipinski definition) is 4. The number of alkyl halides is 2. The van der Waals surface area contributed by atoms with E-state index in [9.17, 15) is 13.6 Å². The zero-order valence-corrected chi connectivity index (χ0v) is 19.0. The lowest BCUT2D eigenvalue weighted by atomic mass is 9.87. The van der Waals surface area contributed by atoms with E-state index in [1.165, 1.54) is 18.2 Å². The highest BCUT2D eigenvalue weighted by atomic mass is 35.5. The Labute approximate surface area is 199 Å². The molecule has 0 bridgehead atoms. The molecule has 33 heavy (non-hydrogen) atoms. The number of halogens is 4. The summed E-state index contributed by atoms with van der Waals surface area (Å²) in [6.45, 7) is 2.06. The van der Waals surface area contributed by atoms with Gasteiger partial charge in [0.05, 0.1) is 18.0 Å². The summed E-state index contributed by atoms with van der Waals surface area (Å²) >= 11 is 12.0. The summed E-state index contributed by atoms with van der Waals surface area (Å²) < 4.78 is 28.3. The maximum atomic E-state index is 14.2. The molecule has 4 rings (SSSR count). The Bertz CT molecular complexity index is 1200. The van der Waals surface area contributed by atoms with Crippen molar-refractivity contribution in [2.45, 2.75) is 31.9 Å². The van der Waals surface area contributed by atoms with Crippen LogP contribution in [0.2, 0.25) is 10.0 Å². The smallest absolute Gasteiger partial charge is 0.284 e. The molecule has 9 heteroatoms. The number of carbonyl (C=O) groups excluding carboxylic acids is 1. The van der Waals surface area contributed by atoms with E-state index in [2.05, 4.69) is 15.5 Å². The molecule has 1 unspecified atom stereocenters. The van der Waals surface area contributed by atoms with Gasteiger partial charge in [-0.05, 0) is 60.5 Å². The molecule has 0 fully saturated rings. The summed E-state index contributed by atoms with van der Waals surface area (Å²) in [6, 6.07) is 14.8. The molecule has 1 aromatic heterocycles. The Hall–Kier alpha value is -3.03. The van der Waals surface area contributed by atoms with E-state index in [1.54, 1.807) is 37.4 Å². The van der Waals surface area contributed by atoms with Gasteiger partial charge < -0.3 is 10.2 Å². The number of benzene rings is 2. The Balaban J connectivity index is 1.53. The number of aromatic nitrogens is 1. The molecule has 1 aliphatic heterocycles. The highest BCUT2D eigenvalue weighted by molar-refractivity contribution is 6.34. The first-order valence-electron chi connectivity index (χ1n) is 10.1. The lowest BCUT2D eigenvalue weighted by Crippen LogP contribution is -2.35. The predicted molar refractivity (Wildman–Crippen MR) is 123 cm³/mol. The number of rotatable bonds is 6. The van der Waals surface area contributed by atoms with Gasteiger partial charge in [-0.3, -0.25) is 9.78 Å². The van der Waals surface area contributed by atoms with Crippen LogP contribution in [-0.4, -0.2) is 23.0 Å². The number of aryl methyl sites for hydroxylation is 1. The van der Waals surface area contributed by atoms with Gasteiger partial charge in [0, 0.05) is 33.8 Å². The number of nitrogens with one attached hydrogen (secondary N) is 1. The van der Waals surface area contributed by atoms with Crippen LogP contribution in [0.5, 0.6) is 0 Å². The van der Waals surface area contributed by atoms with E-state index in [0.717, 1.165) is 5.69 Å². The molecule has 0 radical (unpaired) electrons. The number of hydrogen-bond donors (Lipinski definition) is 1. The van der Waals surface area contributed by atoms with E-state index in [-0.39, 0.29) is 27.9 Å². The summed E-state index contributed by atoms with van der Waals surface area (Å²) in [4.78, 5) is 22.1. The van der Waals surface area contributed by atoms with E-state index < -0.39 is 12.0 Å². The lowest BCUT2D eigenvalue weighted by molar-refractivity contribution is -0.129. The molecule has 0 saturated heterocycles. The first-order chi connectivity index (χ1) is 15.8. The summed E-state index contributed by atoms with van der Waals surface area (Å²) in [7, 11) is 0. The van der Waals surface area contributed by atoms with Gasteiger partial charge in [0.1, 0.15) is 0 Å². The summed E-state index contributed by atoms with van der Waals surface area (Å²) in [5.41, 5.74) is 0.971. The van der Waals surface area contributed by atoms with Crippen molar-refractivity contribution in [1.29, 1.82) is 0 Å². The fourth-order valence-corrected chi connectivity index (χ4v) is 4.19. The van der Waals surface area contributed by atoms with Crippen molar-refractivity contribution in [3.63, 3.8) is 0 Å². The Morgan fingerprint density at radius 3 is 2.55 bits per heavy atom. The molecule has 0 spiro atoms. The van der Waals surface area contributed by atoms with Gasteiger partial charge in [-0.1, -0.05) is 40.5 Å². The number of amides is 1. The van der Waals surface area contributed by atoms with Crippen LogP contribution in [0.15, 0.2) is 65.9 Å².